The van der Waals surface area contributed by atoms with Crippen LogP contribution >= 0.6 is 24.0 Å². The zero-order valence-electron chi connectivity index (χ0n) is 16.2. The largest absolute Gasteiger partial charge is 0.361 e. The third-order valence-electron chi connectivity index (χ3n) is 4.25. The summed E-state index contributed by atoms with van der Waals surface area (Å²) >= 11 is 0. The quantitative estimate of drug-likeness (QED) is 0.362. The first kappa shape index (κ1) is 23.2. The van der Waals surface area contributed by atoms with Crippen LogP contribution in [0.25, 0.3) is 0 Å². The second-order valence-corrected chi connectivity index (χ2v) is 6.49. The van der Waals surface area contributed by atoms with E-state index in [1.165, 1.54) is 0 Å². The van der Waals surface area contributed by atoms with Gasteiger partial charge in [-0.2, -0.15) is 0 Å². The van der Waals surface area contributed by atoms with Crippen LogP contribution in [0.1, 0.15) is 51.6 Å². The van der Waals surface area contributed by atoms with E-state index < -0.39 is 0 Å². The minimum atomic E-state index is 0. The molecule has 1 heterocycles. The molecule has 0 fully saturated rings. The molecule has 0 aliphatic carbocycles. The summed E-state index contributed by atoms with van der Waals surface area (Å²) in [7, 11) is 4.17. The van der Waals surface area contributed by atoms with Gasteiger partial charge in [-0.05, 0) is 41.3 Å². The number of nitrogens with zero attached hydrogens (tertiary/aromatic N) is 3. The monoisotopic (exact) mass is 451 g/mol. The van der Waals surface area contributed by atoms with Crippen LogP contribution in [0.15, 0.2) is 9.52 Å². The van der Waals surface area contributed by atoms with Gasteiger partial charge in [-0.1, -0.05) is 19.0 Å². The average molecular weight is 451 g/mol. The molecule has 0 bridgehead atoms. The molecule has 7 heteroatoms. The first-order valence-corrected chi connectivity index (χ1v) is 8.51. The highest BCUT2D eigenvalue weighted by atomic mass is 127. The van der Waals surface area contributed by atoms with Gasteiger partial charge in [-0.25, -0.2) is 4.99 Å². The van der Waals surface area contributed by atoms with Crippen LogP contribution in [0.4, 0.5) is 0 Å². The number of halogens is 1. The second kappa shape index (κ2) is 10.9. The lowest BCUT2D eigenvalue weighted by atomic mass is 10.0. The lowest BCUT2D eigenvalue weighted by molar-refractivity contribution is 0.197. The van der Waals surface area contributed by atoms with Gasteiger partial charge in [0.15, 0.2) is 5.96 Å². The zero-order valence-corrected chi connectivity index (χ0v) is 18.5. The fourth-order valence-corrected chi connectivity index (χ4v) is 2.07. The number of hydrogen-bond donors (Lipinski definition) is 2. The molecule has 6 nitrogen and oxygen atoms in total. The summed E-state index contributed by atoms with van der Waals surface area (Å²) in [5.74, 6) is 1.77. The fourth-order valence-electron chi connectivity index (χ4n) is 2.07. The maximum absolute atomic E-state index is 5.41. The van der Waals surface area contributed by atoms with E-state index in [0.717, 1.165) is 48.9 Å². The molecule has 0 aromatic carbocycles. The highest BCUT2D eigenvalue weighted by molar-refractivity contribution is 14.0. The molecule has 0 radical (unpaired) electrons. The average Bonchev–Trinajstić information content (AvgIpc) is 2.91. The molecular weight excluding hydrogens is 417 g/mol. The van der Waals surface area contributed by atoms with Crippen molar-refractivity contribution in [1.29, 1.82) is 0 Å². The SMILES string of the molecule is CCNC(=NCc1c(CC)noc1CC)NCC(C)(C)N(C)C.I. The summed E-state index contributed by atoms with van der Waals surface area (Å²) in [5, 5.41) is 10.9. The lowest BCUT2D eigenvalue weighted by Crippen LogP contribution is -2.50. The van der Waals surface area contributed by atoms with Crippen LogP contribution in [0.3, 0.4) is 0 Å². The molecule has 1 aromatic rings. The number of aryl methyl sites for hydroxylation is 2. The lowest BCUT2D eigenvalue weighted by Gasteiger charge is -2.33. The van der Waals surface area contributed by atoms with Crippen LogP contribution in [0, 0.1) is 0 Å². The van der Waals surface area contributed by atoms with Crippen LogP contribution in [0.5, 0.6) is 0 Å². The van der Waals surface area contributed by atoms with Crippen molar-refractivity contribution in [3.8, 4) is 0 Å². The third kappa shape index (κ3) is 6.58. The minimum Gasteiger partial charge on any atom is -0.361 e. The highest BCUT2D eigenvalue weighted by Crippen LogP contribution is 2.16. The summed E-state index contributed by atoms with van der Waals surface area (Å²) < 4.78 is 5.41. The predicted octanol–water partition coefficient (Wildman–Crippen LogP) is 2.81. The Morgan fingerprint density at radius 2 is 1.83 bits per heavy atom. The molecule has 1 aromatic heterocycles. The van der Waals surface area contributed by atoms with Gasteiger partial charge in [0, 0.05) is 30.6 Å². The summed E-state index contributed by atoms with van der Waals surface area (Å²) in [5.41, 5.74) is 2.19. The number of aliphatic imine (C=N–C) groups is 1. The third-order valence-corrected chi connectivity index (χ3v) is 4.25. The Labute approximate surface area is 163 Å². The molecule has 0 aliphatic rings. The van der Waals surface area contributed by atoms with Gasteiger partial charge in [-0.3, -0.25) is 0 Å². The zero-order chi connectivity index (χ0) is 17.5. The number of nitrogens with one attached hydrogen (secondary N) is 2. The van der Waals surface area contributed by atoms with E-state index in [0.29, 0.717) is 6.54 Å². The normalized spacial score (nSPS) is 12.2. The number of rotatable bonds is 8. The van der Waals surface area contributed by atoms with E-state index in [-0.39, 0.29) is 29.5 Å². The predicted molar refractivity (Wildman–Crippen MR) is 111 cm³/mol. The molecule has 0 saturated heterocycles. The van der Waals surface area contributed by atoms with Gasteiger partial charge < -0.3 is 20.1 Å². The van der Waals surface area contributed by atoms with Crippen molar-refractivity contribution in [2.24, 2.45) is 4.99 Å². The van der Waals surface area contributed by atoms with Crippen molar-refractivity contribution in [3.63, 3.8) is 0 Å². The van der Waals surface area contributed by atoms with E-state index in [1.54, 1.807) is 0 Å². The molecular formula is C17H34IN5O. The van der Waals surface area contributed by atoms with Gasteiger partial charge in [0.2, 0.25) is 0 Å². The Bertz CT molecular complexity index is 490. The van der Waals surface area contributed by atoms with E-state index in [1.807, 2.05) is 0 Å². The van der Waals surface area contributed by atoms with Crippen molar-refractivity contribution in [1.82, 2.24) is 20.7 Å². The Balaban J connectivity index is 0.00000529. The minimum absolute atomic E-state index is 0. The van der Waals surface area contributed by atoms with Crippen LogP contribution in [-0.4, -0.2) is 48.7 Å². The van der Waals surface area contributed by atoms with Crippen molar-refractivity contribution >= 4 is 29.9 Å². The van der Waals surface area contributed by atoms with Gasteiger partial charge >= 0.3 is 0 Å². The summed E-state index contributed by atoms with van der Waals surface area (Å²) in [6, 6.07) is 0. The highest BCUT2D eigenvalue weighted by Gasteiger charge is 2.20. The second-order valence-electron chi connectivity index (χ2n) is 6.49. The van der Waals surface area contributed by atoms with Crippen molar-refractivity contribution < 1.29 is 4.52 Å². The van der Waals surface area contributed by atoms with Crippen LogP contribution in [-0.2, 0) is 19.4 Å². The molecule has 2 N–H and O–H groups in total. The van der Waals surface area contributed by atoms with Crippen molar-refractivity contribution in [2.45, 2.75) is 59.5 Å². The summed E-state index contributed by atoms with van der Waals surface area (Å²) in [4.78, 5) is 6.91. The number of aromatic nitrogens is 1. The van der Waals surface area contributed by atoms with E-state index >= 15 is 0 Å². The molecule has 0 unspecified atom stereocenters. The topological polar surface area (TPSA) is 65.7 Å². The van der Waals surface area contributed by atoms with Gasteiger partial charge in [0.1, 0.15) is 5.76 Å². The van der Waals surface area contributed by atoms with E-state index in [2.05, 4.69) is 69.4 Å². The van der Waals surface area contributed by atoms with Crippen LogP contribution < -0.4 is 10.6 Å². The molecule has 140 valence electrons. The fraction of sp³-hybridized carbons (Fsp3) is 0.765. The molecule has 0 atom stereocenters. The first-order valence-electron chi connectivity index (χ1n) is 8.51. The van der Waals surface area contributed by atoms with E-state index in [9.17, 15) is 0 Å². The number of likely N-dealkylation sites (N-methyl/N-ethyl adjacent to an activating group) is 1. The summed E-state index contributed by atoms with van der Waals surface area (Å²) in [6.45, 7) is 12.9. The maximum atomic E-state index is 5.41. The molecule has 0 amide bonds. The maximum Gasteiger partial charge on any atom is 0.191 e. The molecule has 0 aliphatic heterocycles. The van der Waals surface area contributed by atoms with E-state index in [4.69, 9.17) is 9.52 Å². The first-order chi connectivity index (χ1) is 10.9. The van der Waals surface area contributed by atoms with Crippen molar-refractivity contribution in [2.75, 3.05) is 27.2 Å². The van der Waals surface area contributed by atoms with Crippen LogP contribution in [0.2, 0.25) is 0 Å². The van der Waals surface area contributed by atoms with Crippen molar-refractivity contribution in [3.05, 3.63) is 17.0 Å². The van der Waals surface area contributed by atoms with Gasteiger partial charge in [-0.15, -0.1) is 24.0 Å². The number of hydrogen-bond acceptors (Lipinski definition) is 4. The smallest absolute Gasteiger partial charge is 0.191 e. The Kier molecular flexibility index (Phi) is 10.5. The Hall–Kier alpha value is -0.830. The van der Waals surface area contributed by atoms with Gasteiger partial charge in [0.25, 0.3) is 0 Å². The summed E-state index contributed by atoms with van der Waals surface area (Å²) in [6.07, 6.45) is 1.71. The Morgan fingerprint density at radius 3 is 2.33 bits per heavy atom. The molecule has 24 heavy (non-hydrogen) atoms. The molecule has 0 spiro atoms. The molecule has 1 rings (SSSR count). The standard InChI is InChI=1S/C17H33N5O.HI/c1-8-14-13(15(9-2)23-21-14)11-19-16(18-10-3)20-12-17(4,5)22(6)7;/h8-12H2,1-7H3,(H2,18,19,20);1H. The van der Waals surface area contributed by atoms with Gasteiger partial charge in [0.05, 0.1) is 12.2 Å². The molecule has 0 saturated carbocycles. The Morgan fingerprint density at radius 1 is 1.17 bits per heavy atom. The number of guanidine groups is 1.